The van der Waals surface area contributed by atoms with Gasteiger partial charge in [-0.25, -0.2) is 0 Å². The molecule has 1 rings (SSSR count). The molecule has 11 heavy (non-hydrogen) atoms. The Kier molecular flexibility index (Phi) is 2.40. The van der Waals surface area contributed by atoms with Crippen molar-refractivity contribution in [3.8, 4) is 0 Å². The zero-order valence-electron chi connectivity index (χ0n) is 6.20. The van der Waals surface area contributed by atoms with Crippen LogP contribution in [0.2, 0.25) is 0 Å². The predicted molar refractivity (Wildman–Crippen MR) is 44.6 cm³/mol. The van der Waals surface area contributed by atoms with Gasteiger partial charge in [-0.2, -0.15) is 0 Å². The van der Waals surface area contributed by atoms with E-state index >= 15 is 0 Å². The Morgan fingerprint density at radius 2 is 2.18 bits per heavy atom. The summed E-state index contributed by atoms with van der Waals surface area (Å²) in [6.45, 7) is 0.400. The van der Waals surface area contributed by atoms with Gasteiger partial charge in [-0.1, -0.05) is 0 Å². The number of anilines is 1. The highest BCUT2D eigenvalue weighted by molar-refractivity contribution is 5.35. The van der Waals surface area contributed by atoms with Crippen molar-refractivity contribution in [2.45, 2.75) is 6.04 Å². The van der Waals surface area contributed by atoms with Gasteiger partial charge in [0.05, 0.1) is 23.6 Å². The molecule has 0 fully saturated rings. The van der Waals surface area contributed by atoms with Crippen LogP contribution in [-0.2, 0) is 0 Å². The molecule has 0 radical (unpaired) electrons. The van der Waals surface area contributed by atoms with Crippen LogP contribution in [0.15, 0.2) is 18.3 Å². The Balaban J connectivity index is 2.81. The number of hydrogen-bond acceptors (Lipinski definition) is 4. The molecule has 0 aliphatic heterocycles. The van der Waals surface area contributed by atoms with E-state index in [1.165, 1.54) is 0 Å². The molecule has 6 N–H and O–H groups in total. The summed E-state index contributed by atoms with van der Waals surface area (Å²) in [5.41, 5.74) is 17.8. The van der Waals surface area contributed by atoms with E-state index in [4.69, 9.17) is 17.2 Å². The molecule has 0 aliphatic rings. The maximum absolute atomic E-state index is 5.62. The summed E-state index contributed by atoms with van der Waals surface area (Å²) < 4.78 is 0. The Morgan fingerprint density at radius 3 is 2.64 bits per heavy atom. The lowest BCUT2D eigenvalue weighted by molar-refractivity contribution is 0.711. The molecule has 0 bridgehead atoms. The van der Waals surface area contributed by atoms with Crippen molar-refractivity contribution < 1.29 is 0 Å². The molecule has 0 spiro atoms. The fourth-order valence-electron chi connectivity index (χ4n) is 0.757. The Labute approximate surface area is 65.4 Å². The molecule has 1 aromatic heterocycles. The Morgan fingerprint density at radius 1 is 1.45 bits per heavy atom. The second kappa shape index (κ2) is 3.32. The van der Waals surface area contributed by atoms with Crippen molar-refractivity contribution in [3.63, 3.8) is 0 Å². The lowest BCUT2D eigenvalue weighted by Gasteiger charge is -2.06. The first-order chi connectivity index (χ1) is 5.24. The van der Waals surface area contributed by atoms with Gasteiger partial charge in [0.15, 0.2) is 0 Å². The Bertz CT molecular complexity index is 218. The monoisotopic (exact) mass is 152 g/mol. The highest BCUT2D eigenvalue weighted by Crippen LogP contribution is 2.06. The summed E-state index contributed by atoms with van der Waals surface area (Å²) in [6, 6.07) is 3.36. The van der Waals surface area contributed by atoms with E-state index in [0.717, 1.165) is 5.69 Å². The lowest BCUT2D eigenvalue weighted by atomic mass is 10.2. The fourth-order valence-corrected chi connectivity index (χ4v) is 0.757. The maximum atomic E-state index is 5.62. The zero-order valence-corrected chi connectivity index (χ0v) is 6.20. The zero-order chi connectivity index (χ0) is 8.27. The molecule has 60 valence electrons. The van der Waals surface area contributed by atoms with Gasteiger partial charge >= 0.3 is 0 Å². The summed E-state index contributed by atoms with van der Waals surface area (Å²) >= 11 is 0. The third kappa shape index (κ3) is 1.89. The molecular weight excluding hydrogens is 140 g/mol. The Hall–Kier alpha value is -1.13. The van der Waals surface area contributed by atoms with Crippen molar-refractivity contribution in [2.75, 3.05) is 12.3 Å². The summed E-state index contributed by atoms with van der Waals surface area (Å²) in [5, 5.41) is 0. The number of nitrogens with two attached hydrogens (primary N) is 3. The minimum atomic E-state index is -0.185. The molecule has 4 heteroatoms. The van der Waals surface area contributed by atoms with E-state index in [2.05, 4.69) is 4.98 Å². The second-order valence-corrected chi connectivity index (χ2v) is 2.36. The normalized spacial score (nSPS) is 12.9. The molecule has 1 aromatic rings. The first-order valence-corrected chi connectivity index (χ1v) is 3.41. The first-order valence-electron chi connectivity index (χ1n) is 3.41. The van der Waals surface area contributed by atoms with E-state index in [1.807, 2.05) is 0 Å². The van der Waals surface area contributed by atoms with Gasteiger partial charge in [0.2, 0.25) is 0 Å². The van der Waals surface area contributed by atoms with E-state index in [1.54, 1.807) is 18.3 Å². The topological polar surface area (TPSA) is 91.0 Å². The smallest absolute Gasteiger partial charge is 0.0594 e. The fraction of sp³-hybridized carbons (Fsp3) is 0.286. The van der Waals surface area contributed by atoms with Crippen LogP contribution in [0.1, 0.15) is 11.7 Å². The maximum Gasteiger partial charge on any atom is 0.0594 e. The number of hydrogen-bond donors (Lipinski definition) is 3. The van der Waals surface area contributed by atoms with Crippen molar-refractivity contribution in [2.24, 2.45) is 11.5 Å². The van der Waals surface area contributed by atoms with Crippen molar-refractivity contribution in [1.29, 1.82) is 0 Å². The lowest BCUT2D eigenvalue weighted by Crippen LogP contribution is -2.21. The largest absolute Gasteiger partial charge is 0.397 e. The average molecular weight is 152 g/mol. The van der Waals surface area contributed by atoms with Crippen LogP contribution in [0.25, 0.3) is 0 Å². The van der Waals surface area contributed by atoms with E-state index in [0.29, 0.717) is 12.2 Å². The quantitative estimate of drug-likeness (QED) is 0.539. The van der Waals surface area contributed by atoms with Gasteiger partial charge in [0.25, 0.3) is 0 Å². The van der Waals surface area contributed by atoms with E-state index in [-0.39, 0.29) is 6.04 Å². The van der Waals surface area contributed by atoms with Crippen LogP contribution in [0.3, 0.4) is 0 Å². The first kappa shape index (κ1) is 7.97. The highest BCUT2D eigenvalue weighted by Gasteiger charge is 2.02. The SMILES string of the molecule is NC[C@@H](N)c1ccc(N)cn1. The molecule has 1 heterocycles. The van der Waals surface area contributed by atoms with Crippen molar-refractivity contribution in [3.05, 3.63) is 24.0 Å². The number of nitrogen functional groups attached to an aromatic ring is 1. The van der Waals surface area contributed by atoms with Crippen LogP contribution in [0.5, 0.6) is 0 Å². The van der Waals surface area contributed by atoms with Gasteiger partial charge in [-0.3, -0.25) is 4.98 Å². The van der Waals surface area contributed by atoms with Gasteiger partial charge in [0.1, 0.15) is 0 Å². The van der Waals surface area contributed by atoms with Gasteiger partial charge in [-0.05, 0) is 12.1 Å². The molecule has 0 amide bonds. The molecule has 0 aliphatic carbocycles. The van der Waals surface area contributed by atoms with Crippen molar-refractivity contribution >= 4 is 5.69 Å². The van der Waals surface area contributed by atoms with Crippen LogP contribution in [0.4, 0.5) is 5.69 Å². The minimum Gasteiger partial charge on any atom is -0.397 e. The third-order valence-electron chi connectivity index (χ3n) is 1.44. The van der Waals surface area contributed by atoms with E-state index in [9.17, 15) is 0 Å². The predicted octanol–water partition coefficient (Wildman–Crippen LogP) is -0.378. The number of rotatable bonds is 2. The van der Waals surface area contributed by atoms with Crippen LogP contribution < -0.4 is 17.2 Å². The molecule has 1 atom stereocenters. The van der Waals surface area contributed by atoms with Crippen molar-refractivity contribution in [1.82, 2.24) is 4.98 Å². The van der Waals surface area contributed by atoms with Crippen LogP contribution >= 0.6 is 0 Å². The summed E-state index contributed by atoms with van der Waals surface area (Å²) in [6.07, 6.45) is 1.57. The summed E-state index contributed by atoms with van der Waals surface area (Å²) in [7, 11) is 0. The van der Waals surface area contributed by atoms with Gasteiger partial charge in [0, 0.05) is 6.54 Å². The molecule has 0 aromatic carbocycles. The number of aromatic nitrogens is 1. The average Bonchev–Trinajstić information content (AvgIpc) is 2.05. The van der Waals surface area contributed by atoms with Crippen LogP contribution in [0, 0.1) is 0 Å². The standard InChI is InChI=1S/C7H12N4/c8-3-6(10)7-2-1-5(9)4-11-7/h1-2,4,6H,3,8-10H2/t6-/m1/s1. The molecule has 0 saturated heterocycles. The third-order valence-corrected chi connectivity index (χ3v) is 1.44. The van der Waals surface area contributed by atoms with Gasteiger partial charge in [-0.15, -0.1) is 0 Å². The second-order valence-electron chi connectivity index (χ2n) is 2.36. The number of nitrogens with zero attached hydrogens (tertiary/aromatic N) is 1. The molecule has 0 saturated carbocycles. The van der Waals surface area contributed by atoms with Gasteiger partial charge < -0.3 is 17.2 Å². The number of pyridine rings is 1. The molecular formula is C7H12N4. The molecule has 4 nitrogen and oxygen atoms in total. The minimum absolute atomic E-state index is 0.185. The van der Waals surface area contributed by atoms with Crippen LogP contribution in [-0.4, -0.2) is 11.5 Å². The summed E-state index contributed by atoms with van der Waals surface area (Å²) in [5.74, 6) is 0. The highest BCUT2D eigenvalue weighted by atomic mass is 14.8. The molecule has 0 unspecified atom stereocenters. The summed E-state index contributed by atoms with van der Waals surface area (Å²) in [4.78, 5) is 4.02. The van der Waals surface area contributed by atoms with E-state index < -0.39 is 0 Å².